The Morgan fingerprint density at radius 1 is 1.53 bits per heavy atom. The summed E-state index contributed by atoms with van der Waals surface area (Å²) < 4.78 is 6.31. The van der Waals surface area contributed by atoms with E-state index in [0.29, 0.717) is 12.3 Å². The van der Waals surface area contributed by atoms with Gasteiger partial charge in [-0.1, -0.05) is 0 Å². The number of carbonyl (C=O) groups is 1. The van der Waals surface area contributed by atoms with Crippen molar-refractivity contribution >= 4 is 11.8 Å². The van der Waals surface area contributed by atoms with Crippen molar-refractivity contribution in [2.75, 3.05) is 12.3 Å². The van der Waals surface area contributed by atoms with E-state index >= 15 is 0 Å². The van der Waals surface area contributed by atoms with Gasteiger partial charge in [-0.3, -0.25) is 0 Å². The standard InChI is InChI=1S/C10H11N5O2/c1-2-17-10(16)8-6-15(14-9(8)11)7-3-4-12-13-5-7/h3-6H,2H2,1H3,(H2,11,14). The molecule has 0 amide bonds. The zero-order chi connectivity index (χ0) is 12.3. The summed E-state index contributed by atoms with van der Waals surface area (Å²) in [5.41, 5.74) is 6.55. The van der Waals surface area contributed by atoms with E-state index in [9.17, 15) is 4.79 Å². The molecule has 0 fully saturated rings. The Kier molecular flexibility index (Phi) is 2.99. The first-order valence-corrected chi connectivity index (χ1v) is 5.01. The number of nitrogens with two attached hydrogens (primary N) is 1. The first kappa shape index (κ1) is 11.1. The van der Waals surface area contributed by atoms with E-state index in [1.807, 2.05) is 0 Å². The Bertz CT molecular complexity index is 523. The Morgan fingerprint density at radius 3 is 3.00 bits per heavy atom. The minimum Gasteiger partial charge on any atom is -0.462 e. The molecule has 7 nitrogen and oxygen atoms in total. The highest BCUT2D eigenvalue weighted by Crippen LogP contribution is 2.14. The summed E-state index contributed by atoms with van der Waals surface area (Å²) in [4.78, 5) is 11.5. The van der Waals surface area contributed by atoms with E-state index in [0.717, 1.165) is 0 Å². The van der Waals surface area contributed by atoms with Crippen LogP contribution in [0.2, 0.25) is 0 Å². The second-order valence-corrected chi connectivity index (χ2v) is 3.19. The molecule has 2 heterocycles. The van der Waals surface area contributed by atoms with Gasteiger partial charge in [-0.2, -0.15) is 10.2 Å². The van der Waals surface area contributed by atoms with Crippen molar-refractivity contribution in [3.8, 4) is 5.69 Å². The third-order valence-electron chi connectivity index (χ3n) is 2.07. The molecule has 0 aliphatic heterocycles. The number of carbonyl (C=O) groups excluding carboxylic acids is 1. The van der Waals surface area contributed by atoms with Crippen LogP contribution in [0.5, 0.6) is 0 Å². The van der Waals surface area contributed by atoms with Crippen LogP contribution in [0.25, 0.3) is 5.69 Å². The maximum atomic E-state index is 11.5. The maximum absolute atomic E-state index is 11.5. The summed E-state index contributed by atoms with van der Waals surface area (Å²) in [5.74, 6) is -0.362. The third-order valence-corrected chi connectivity index (χ3v) is 2.07. The predicted octanol–water partition coefficient (Wildman–Crippen LogP) is 0.421. The zero-order valence-corrected chi connectivity index (χ0v) is 9.20. The molecule has 0 bridgehead atoms. The van der Waals surface area contributed by atoms with Gasteiger partial charge in [0.05, 0.1) is 24.7 Å². The fraction of sp³-hybridized carbons (Fsp3) is 0.200. The van der Waals surface area contributed by atoms with Crippen LogP contribution in [0.1, 0.15) is 17.3 Å². The van der Waals surface area contributed by atoms with E-state index in [-0.39, 0.29) is 11.4 Å². The second-order valence-electron chi connectivity index (χ2n) is 3.19. The lowest BCUT2D eigenvalue weighted by Gasteiger charge is -1.98. The first-order valence-electron chi connectivity index (χ1n) is 5.01. The topological polar surface area (TPSA) is 95.9 Å². The number of hydrogen-bond acceptors (Lipinski definition) is 6. The number of nitrogens with zero attached hydrogens (tertiary/aromatic N) is 4. The molecule has 7 heteroatoms. The summed E-state index contributed by atoms with van der Waals surface area (Å²) in [6.45, 7) is 2.02. The summed E-state index contributed by atoms with van der Waals surface area (Å²) in [7, 11) is 0. The summed E-state index contributed by atoms with van der Waals surface area (Å²) in [5, 5.41) is 11.4. The number of anilines is 1. The molecule has 0 spiro atoms. The van der Waals surface area contributed by atoms with Crippen molar-refractivity contribution in [3.63, 3.8) is 0 Å². The molecule has 0 aromatic carbocycles. The molecule has 88 valence electrons. The molecular formula is C10H11N5O2. The van der Waals surface area contributed by atoms with Crippen LogP contribution in [0.3, 0.4) is 0 Å². The predicted molar refractivity (Wildman–Crippen MR) is 59.5 cm³/mol. The Labute approximate surface area is 97.2 Å². The highest BCUT2D eigenvalue weighted by molar-refractivity contribution is 5.94. The minimum absolute atomic E-state index is 0.125. The van der Waals surface area contributed by atoms with Gasteiger partial charge in [0.15, 0.2) is 5.82 Å². The highest BCUT2D eigenvalue weighted by atomic mass is 16.5. The average molecular weight is 233 g/mol. The summed E-state index contributed by atoms with van der Waals surface area (Å²) in [6, 6.07) is 1.70. The van der Waals surface area contributed by atoms with Crippen molar-refractivity contribution in [1.29, 1.82) is 0 Å². The van der Waals surface area contributed by atoms with Crippen LogP contribution in [0.4, 0.5) is 5.82 Å². The van der Waals surface area contributed by atoms with Gasteiger partial charge < -0.3 is 10.5 Å². The van der Waals surface area contributed by atoms with Crippen LogP contribution in [-0.2, 0) is 4.74 Å². The number of hydrogen-bond donors (Lipinski definition) is 1. The molecule has 0 saturated heterocycles. The largest absolute Gasteiger partial charge is 0.462 e. The summed E-state index contributed by atoms with van der Waals surface area (Å²) >= 11 is 0. The Morgan fingerprint density at radius 2 is 2.35 bits per heavy atom. The van der Waals surface area contributed by atoms with Gasteiger partial charge in [0.1, 0.15) is 5.56 Å². The minimum atomic E-state index is -0.488. The molecule has 0 aliphatic rings. The van der Waals surface area contributed by atoms with Gasteiger partial charge in [0, 0.05) is 6.20 Å². The number of esters is 1. The van der Waals surface area contributed by atoms with Crippen LogP contribution in [0.15, 0.2) is 24.7 Å². The van der Waals surface area contributed by atoms with Gasteiger partial charge in [-0.15, -0.1) is 5.10 Å². The SMILES string of the molecule is CCOC(=O)c1cn(-c2ccnnc2)nc1N. The van der Waals surface area contributed by atoms with Crippen LogP contribution in [0, 0.1) is 0 Å². The monoisotopic (exact) mass is 233 g/mol. The van der Waals surface area contributed by atoms with Crippen molar-refractivity contribution in [2.24, 2.45) is 0 Å². The fourth-order valence-electron chi connectivity index (χ4n) is 1.30. The van der Waals surface area contributed by atoms with Gasteiger partial charge >= 0.3 is 5.97 Å². The van der Waals surface area contributed by atoms with E-state index in [2.05, 4.69) is 15.3 Å². The lowest BCUT2D eigenvalue weighted by atomic mass is 10.3. The van der Waals surface area contributed by atoms with E-state index < -0.39 is 5.97 Å². The lowest BCUT2D eigenvalue weighted by Crippen LogP contribution is -2.05. The van der Waals surface area contributed by atoms with Gasteiger partial charge in [0.2, 0.25) is 0 Å². The van der Waals surface area contributed by atoms with E-state index in [4.69, 9.17) is 10.5 Å². The molecule has 0 unspecified atom stereocenters. The van der Waals surface area contributed by atoms with Crippen molar-refractivity contribution < 1.29 is 9.53 Å². The maximum Gasteiger partial charge on any atom is 0.343 e. The molecule has 0 saturated carbocycles. The van der Waals surface area contributed by atoms with Crippen molar-refractivity contribution in [3.05, 3.63) is 30.2 Å². The lowest BCUT2D eigenvalue weighted by molar-refractivity contribution is 0.0527. The molecule has 2 aromatic heterocycles. The second kappa shape index (κ2) is 4.60. The smallest absolute Gasteiger partial charge is 0.343 e. The average Bonchev–Trinajstić information content (AvgIpc) is 2.73. The molecule has 0 aliphatic carbocycles. The molecule has 2 rings (SSSR count). The van der Waals surface area contributed by atoms with Crippen molar-refractivity contribution in [2.45, 2.75) is 6.92 Å². The molecule has 0 radical (unpaired) electrons. The third kappa shape index (κ3) is 2.22. The number of nitrogen functional groups attached to an aromatic ring is 1. The quantitative estimate of drug-likeness (QED) is 0.772. The molecular weight excluding hydrogens is 222 g/mol. The Hall–Kier alpha value is -2.44. The first-order chi connectivity index (χ1) is 8.22. The van der Waals surface area contributed by atoms with Crippen LogP contribution < -0.4 is 5.73 Å². The van der Waals surface area contributed by atoms with Crippen molar-refractivity contribution in [1.82, 2.24) is 20.0 Å². The van der Waals surface area contributed by atoms with Crippen LogP contribution in [-0.4, -0.2) is 32.6 Å². The highest BCUT2D eigenvalue weighted by Gasteiger charge is 2.15. The van der Waals surface area contributed by atoms with Gasteiger partial charge in [0.25, 0.3) is 0 Å². The summed E-state index contributed by atoms with van der Waals surface area (Å²) in [6.07, 6.45) is 4.54. The van der Waals surface area contributed by atoms with E-state index in [1.165, 1.54) is 23.3 Å². The normalized spacial score (nSPS) is 10.2. The van der Waals surface area contributed by atoms with Crippen LogP contribution >= 0.6 is 0 Å². The van der Waals surface area contributed by atoms with E-state index in [1.54, 1.807) is 13.0 Å². The van der Waals surface area contributed by atoms with Gasteiger partial charge in [-0.05, 0) is 13.0 Å². The molecule has 2 aromatic rings. The Balaban J connectivity index is 2.34. The van der Waals surface area contributed by atoms with Gasteiger partial charge in [-0.25, -0.2) is 9.48 Å². The number of aromatic nitrogens is 4. The number of ether oxygens (including phenoxy) is 1. The molecule has 17 heavy (non-hydrogen) atoms. The fourth-order valence-corrected chi connectivity index (χ4v) is 1.30. The number of rotatable bonds is 3. The molecule has 0 atom stereocenters. The molecule has 2 N–H and O–H groups in total. The zero-order valence-electron chi connectivity index (χ0n) is 9.20.